The number of aromatic nitrogens is 1. The van der Waals surface area contributed by atoms with E-state index in [0.29, 0.717) is 5.58 Å². The predicted molar refractivity (Wildman–Crippen MR) is 98.9 cm³/mol. The van der Waals surface area contributed by atoms with E-state index in [-0.39, 0.29) is 5.76 Å². The predicted octanol–water partition coefficient (Wildman–Crippen LogP) is 2.47. The number of hydrogen-bond acceptors (Lipinski definition) is 5. The standard InChI is InChI=1S/C19H21N3O3/c1-20-17-8-5-15(13-18(17)25-19(20)23)22-11-9-21(10-12-22)14-3-6-16(24-2)7-4-14/h3-8,13H,9-12H2,1-2H3. The number of anilines is 2. The van der Waals surface area contributed by atoms with Crippen LogP contribution in [-0.4, -0.2) is 37.9 Å². The molecule has 1 aliphatic heterocycles. The van der Waals surface area contributed by atoms with Gasteiger partial charge in [0.05, 0.1) is 12.6 Å². The summed E-state index contributed by atoms with van der Waals surface area (Å²) in [5.41, 5.74) is 3.77. The molecule has 1 aromatic heterocycles. The Kier molecular flexibility index (Phi) is 3.87. The van der Waals surface area contributed by atoms with Gasteiger partial charge in [-0.3, -0.25) is 4.57 Å². The van der Waals surface area contributed by atoms with Crippen molar-refractivity contribution in [1.82, 2.24) is 4.57 Å². The van der Waals surface area contributed by atoms with Gasteiger partial charge >= 0.3 is 5.76 Å². The molecule has 0 unspecified atom stereocenters. The second-order valence-corrected chi connectivity index (χ2v) is 6.25. The summed E-state index contributed by atoms with van der Waals surface area (Å²) in [6, 6.07) is 14.1. The highest BCUT2D eigenvalue weighted by Gasteiger charge is 2.18. The zero-order valence-electron chi connectivity index (χ0n) is 14.4. The van der Waals surface area contributed by atoms with E-state index >= 15 is 0 Å². The number of benzene rings is 2. The number of ether oxygens (including phenoxy) is 1. The minimum Gasteiger partial charge on any atom is -0.497 e. The van der Waals surface area contributed by atoms with Crippen LogP contribution in [0.5, 0.6) is 5.75 Å². The fourth-order valence-electron chi connectivity index (χ4n) is 3.34. The van der Waals surface area contributed by atoms with Crippen molar-refractivity contribution < 1.29 is 9.15 Å². The number of methoxy groups -OCH3 is 1. The lowest BCUT2D eigenvalue weighted by Gasteiger charge is -2.37. The average molecular weight is 339 g/mol. The number of fused-ring (bicyclic) bond motifs is 1. The third kappa shape index (κ3) is 2.84. The van der Waals surface area contributed by atoms with Crippen LogP contribution in [0.3, 0.4) is 0 Å². The molecule has 0 radical (unpaired) electrons. The number of oxazole rings is 1. The first kappa shape index (κ1) is 15.6. The first-order valence-electron chi connectivity index (χ1n) is 8.39. The van der Waals surface area contributed by atoms with Crippen molar-refractivity contribution >= 4 is 22.5 Å². The lowest BCUT2D eigenvalue weighted by Crippen LogP contribution is -2.46. The second kappa shape index (κ2) is 6.20. The fraction of sp³-hybridized carbons (Fsp3) is 0.316. The van der Waals surface area contributed by atoms with E-state index in [1.807, 2.05) is 24.3 Å². The second-order valence-electron chi connectivity index (χ2n) is 6.25. The first-order chi connectivity index (χ1) is 12.2. The monoisotopic (exact) mass is 339 g/mol. The van der Waals surface area contributed by atoms with E-state index in [0.717, 1.165) is 43.1 Å². The van der Waals surface area contributed by atoms with Crippen molar-refractivity contribution in [2.24, 2.45) is 7.05 Å². The molecule has 0 amide bonds. The van der Waals surface area contributed by atoms with Gasteiger partial charge in [-0.15, -0.1) is 0 Å². The zero-order chi connectivity index (χ0) is 17.4. The Hall–Kier alpha value is -2.89. The van der Waals surface area contributed by atoms with Gasteiger partial charge in [-0.1, -0.05) is 0 Å². The van der Waals surface area contributed by atoms with E-state index in [9.17, 15) is 4.79 Å². The van der Waals surface area contributed by atoms with Crippen molar-refractivity contribution in [1.29, 1.82) is 0 Å². The van der Waals surface area contributed by atoms with Crippen LogP contribution in [-0.2, 0) is 7.05 Å². The Labute approximate surface area is 145 Å². The van der Waals surface area contributed by atoms with E-state index in [4.69, 9.17) is 9.15 Å². The molecule has 130 valence electrons. The molecule has 6 nitrogen and oxygen atoms in total. The van der Waals surface area contributed by atoms with Crippen LogP contribution in [0.1, 0.15) is 0 Å². The Balaban J connectivity index is 1.48. The number of aryl methyl sites for hydroxylation is 1. The number of nitrogens with zero attached hydrogens (tertiary/aromatic N) is 3. The molecule has 25 heavy (non-hydrogen) atoms. The summed E-state index contributed by atoms with van der Waals surface area (Å²) in [5, 5.41) is 0. The van der Waals surface area contributed by atoms with Crippen LogP contribution in [0, 0.1) is 0 Å². The van der Waals surface area contributed by atoms with Gasteiger partial charge in [-0.2, -0.15) is 0 Å². The van der Waals surface area contributed by atoms with Crippen molar-refractivity contribution in [3.63, 3.8) is 0 Å². The molecule has 0 atom stereocenters. The number of hydrogen-bond donors (Lipinski definition) is 0. The topological polar surface area (TPSA) is 50.9 Å². The molecule has 0 N–H and O–H groups in total. The normalized spacial score (nSPS) is 15.0. The lowest BCUT2D eigenvalue weighted by molar-refractivity contribution is 0.415. The third-order valence-corrected chi connectivity index (χ3v) is 4.86. The molecule has 1 fully saturated rings. The van der Waals surface area contributed by atoms with E-state index < -0.39 is 0 Å². The molecular formula is C19H21N3O3. The summed E-state index contributed by atoms with van der Waals surface area (Å²) in [4.78, 5) is 16.3. The van der Waals surface area contributed by atoms with Crippen molar-refractivity contribution in [3.8, 4) is 5.75 Å². The lowest BCUT2D eigenvalue weighted by atomic mass is 10.2. The highest BCUT2D eigenvalue weighted by molar-refractivity contribution is 5.78. The molecule has 1 aliphatic rings. The van der Waals surface area contributed by atoms with Crippen LogP contribution in [0.2, 0.25) is 0 Å². The van der Waals surface area contributed by atoms with Gasteiger partial charge in [0.25, 0.3) is 0 Å². The van der Waals surface area contributed by atoms with Crippen molar-refractivity contribution in [2.75, 3.05) is 43.1 Å². The smallest absolute Gasteiger partial charge is 0.419 e. The zero-order valence-corrected chi connectivity index (χ0v) is 14.4. The molecule has 1 saturated heterocycles. The van der Waals surface area contributed by atoms with Crippen LogP contribution < -0.4 is 20.3 Å². The van der Waals surface area contributed by atoms with Crippen LogP contribution in [0.25, 0.3) is 11.1 Å². The molecule has 0 saturated carbocycles. The highest BCUT2D eigenvalue weighted by atomic mass is 16.5. The van der Waals surface area contributed by atoms with Crippen LogP contribution in [0.4, 0.5) is 11.4 Å². The van der Waals surface area contributed by atoms with Gasteiger partial charge < -0.3 is 19.0 Å². The quantitative estimate of drug-likeness (QED) is 0.734. The molecule has 4 rings (SSSR count). The minimum absolute atomic E-state index is 0.323. The summed E-state index contributed by atoms with van der Waals surface area (Å²) in [6.07, 6.45) is 0. The molecule has 6 heteroatoms. The Bertz CT molecular complexity index is 935. The average Bonchev–Trinajstić information content (AvgIpc) is 2.95. The number of rotatable bonds is 3. The maximum atomic E-state index is 11.6. The summed E-state index contributed by atoms with van der Waals surface area (Å²) >= 11 is 0. The molecule has 3 aromatic rings. The van der Waals surface area contributed by atoms with Gasteiger partial charge in [-0.05, 0) is 36.4 Å². The van der Waals surface area contributed by atoms with Gasteiger partial charge in [0.15, 0.2) is 5.58 Å². The van der Waals surface area contributed by atoms with Gasteiger partial charge in [0, 0.05) is 50.7 Å². The summed E-state index contributed by atoms with van der Waals surface area (Å²) in [7, 11) is 3.40. The molecule has 2 aromatic carbocycles. The van der Waals surface area contributed by atoms with E-state index in [1.54, 1.807) is 14.2 Å². The van der Waals surface area contributed by atoms with E-state index in [2.05, 4.69) is 28.0 Å². The molecule has 0 spiro atoms. The van der Waals surface area contributed by atoms with E-state index in [1.165, 1.54) is 10.3 Å². The SMILES string of the molecule is COc1ccc(N2CCN(c3ccc4c(c3)oc(=O)n4C)CC2)cc1. The Morgan fingerprint density at radius 1 is 0.920 bits per heavy atom. The Morgan fingerprint density at radius 3 is 2.16 bits per heavy atom. The minimum atomic E-state index is -0.323. The van der Waals surface area contributed by atoms with Crippen molar-refractivity contribution in [2.45, 2.75) is 0 Å². The summed E-state index contributed by atoms with van der Waals surface area (Å²) in [6.45, 7) is 3.75. The number of piperazine rings is 1. The van der Waals surface area contributed by atoms with Gasteiger partial charge in [-0.25, -0.2) is 4.79 Å². The molecular weight excluding hydrogens is 318 g/mol. The maximum absolute atomic E-state index is 11.6. The van der Waals surface area contributed by atoms with Crippen LogP contribution in [0.15, 0.2) is 51.7 Å². The molecule has 2 heterocycles. The van der Waals surface area contributed by atoms with Gasteiger partial charge in [0.1, 0.15) is 5.75 Å². The molecule has 0 bridgehead atoms. The first-order valence-corrected chi connectivity index (χ1v) is 8.39. The summed E-state index contributed by atoms with van der Waals surface area (Å²) < 4.78 is 12.0. The van der Waals surface area contributed by atoms with Gasteiger partial charge in [0.2, 0.25) is 0 Å². The molecule has 0 aliphatic carbocycles. The summed E-state index contributed by atoms with van der Waals surface area (Å²) in [5.74, 6) is 0.552. The third-order valence-electron chi connectivity index (χ3n) is 4.86. The van der Waals surface area contributed by atoms with Crippen molar-refractivity contribution in [3.05, 3.63) is 53.0 Å². The highest BCUT2D eigenvalue weighted by Crippen LogP contribution is 2.25. The van der Waals surface area contributed by atoms with Crippen LogP contribution >= 0.6 is 0 Å². The Morgan fingerprint density at radius 2 is 1.52 bits per heavy atom. The maximum Gasteiger partial charge on any atom is 0.419 e. The fourth-order valence-corrected chi connectivity index (χ4v) is 3.34. The largest absolute Gasteiger partial charge is 0.497 e.